The van der Waals surface area contributed by atoms with E-state index in [4.69, 9.17) is 10.5 Å². The molecule has 0 aromatic heterocycles. The molecule has 0 aliphatic carbocycles. The molecule has 2 amide bonds. The normalized spacial score (nSPS) is 18.3. The van der Waals surface area contributed by atoms with Gasteiger partial charge >= 0.3 is 6.36 Å². The fourth-order valence-corrected chi connectivity index (χ4v) is 2.32. The molecule has 0 unspecified atom stereocenters. The first kappa shape index (κ1) is 18.1. The summed E-state index contributed by atoms with van der Waals surface area (Å²) in [6.45, 7) is 0.732. The Kier molecular flexibility index (Phi) is 5.66. The molecular weight excluding hydrogens is 329 g/mol. The molecule has 1 heterocycles. The fourth-order valence-electron chi connectivity index (χ4n) is 2.32. The number of primary amides is 1. The van der Waals surface area contributed by atoms with E-state index in [0.717, 1.165) is 0 Å². The van der Waals surface area contributed by atoms with Gasteiger partial charge in [-0.1, -0.05) is 12.1 Å². The van der Waals surface area contributed by atoms with Crippen LogP contribution in [0, 0.1) is 0 Å². The van der Waals surface area contributed by atoms with Gasteiger partial charge in [0.15, 0.2) is 6.10 Å². The summed E-state index contributed by atoms with van der Waals surface area (Å²) in [6.07, 6.45) is -5.00. The van der Waals surface area contributed by atoms with Crippen molar-refractivity contribution >= 4 is 11.8 Å². The number of benzene rings is 1. The largest absolute Gasteiger partial charge is 0.573 e. The van der Waals surface area contributed by atoms with Gasteiger partial charge in [0.25, 0.3) is 0 Å². The molecule has 2 N–H and O–H groups in total. The van der Waals surface area contributed by atoms with Gasteiger partial charge in [0.1, 0.15) is 5.75 Å². The summed E-state index contributed by atoms with van der Waals surface area (Å²) in [5.74, 6) is -1.09. The molecule has 24 heavy (non-hydrogen) atoms. The van der Waals surface area contributed by atoms with Crippen molar-refractivity contribution in [3.63, 3.8) is 0 Å². The fraction of sp³-hybridized carbons (Fsp3) is 0.467. The highest BCUT2D eigenvalue weighted by molar-refractivity contribution is 5.81. The van der Waals surface area contributed by atoms with E-state index >= 15 is 0 Å². The van der Waals surface area contributed by atoms with E-state index in [1.54, 1.807) is 0 Å². The molecule has 0 radical (unpaired) electrons. The predicted octanol–water partition coefficient (Wildman–Crippen LogP) is 1.23. The number of rotatable bonds is 5. The van der Waals surface area contributed by atoms with Crippen LogP contribution in [0.4, 0.5) is 13.2 Å². The van der Waals surface area contributed by atoms with Gasteiger partial charge in [-0.05, 0) is 24.1 Å². The average molecular weight is 346 g/mol. The molecule has 1 atom stereocenters. The van der Waals surface area contributed by atoms with Gasteiger partial charge in [-0.15, -0.1) is 13.2 Å². The molecular formula is C15H17F3N2O4. The zero-order chi connectivity index (χ0) is 17.7. The second-order valence-corrected chi connectivity index (χ2v) is 5.29. The summed E-state index contributed by atoms with van der Waals surface area (Å²) in [4.78, 5) is 24.7. The standard InChI is InChI=1S/C15H17F3N2O4/c16-15(17,18)24-11-4-1-10(2-5-11)3-6-13(21)20-7-8-23-12(9-20)14(19)22/h1-2,4-5,12H,3,6-9H2,(H2,19,22)/t12-/m0/s1. The van der Waals surface area contributed by atoms with Crippen LogP contribution in [0.2, 0.25) is 0 Å². The first-order chi connectivity index (χ1) is 11.2. The molecule has 132 valence electrons. The molecule has 1 saturated heterocycles. The van der Waals surface area contributed by atoms with Gasteiger partial charge in [0, 0.05) is 13.0 Å². The smallest absolute Gasteiger partial charge is 0.406 e. The summed E-state index contributed by atoms with van der Waals surface area (Å²) in [5.41, 5.74) is 5.86. The number of aryl methyl sites for hydroxylation is 1. The molecule has 1 fully saturated rings. The number of nitrogens with two attached hydrogens (primary N) is 1. The van der Waals surface area contributed by atoms with Crippen molar-refractivity contribution in [2.45, 2.75) is 25.3 Å². The minimum atomic E-state index is -4.73. The Balaban J connectivity index is 1.84. The van der Waals surface area contributed by atoms with Crippen molar-refractivity contribution in [3.05, 3.63) is 29.8 Å². The Hall–Kier alpha value is -2.29. The second-order valence-electron chi connectivity index (χ2n) is 5.29. The molecule has 0 saturated carbocycles. The Morgan fingerprint density at radius 2 is 1.96 bits per heavy atom. The van der Waals surface area contributed by atoms with Crippen molar-refractivity contribution in [2.24, 2.45) is 5.73 Å². The van der Waals surface area contributed by atoms with Crippen LogP contribution in [0.15, 0.2) is 24.3 Å². The monoisotopic (exact) mass is 346 g/mol. The minimum absolute atomic E-state index is 0.118. The molecule has 1 aliphatic heterocycles. The van der Waals surface area contributed by atoms with Crippen molar-refractivity contribution in [3.8, 4) is 5.75 Å². The van der Waals surface area contributed by atoms with Crippen LogP contribution < -0.4 is 10.5 Å². The highest BCUT2D eigenvalue weighted by Crippen LogP contribution is 2.23. The Morgan fingerprint density at radius 1 is 1.29 bits per heavy atom. The van der Waals surface area contributed by atoms with E-state index in [9.17, 15) is 22.8 Å². The number of hydrogen-bond acceptors (Lipinski definition) is 4. The first-order valence-electron chi connectivity index (χ1n) is 7.28. The highest BCUT2D eigenvalue weighted by Gasteiger charge is 2.31. The van der Waals surface area contributed by atoms with Crippen molar-refractivity contribution in [2.75, 3.05) is 19.7 Å². The summed E-state index contributed by atoms with van der Waals surface area (Å²) < 4.78 is 45.2. The van der Waals surface area contributed by atoms with E-state index in [1.165, 1.54) is 29.2 Å². The molecule has 1 aromatic rings. The van der Waals surface area contributed by atoms with Crippen LogP contribution in [0.5, 0.6) is 5.75 Å². The summed E-state index contributed by atoms with van der Waals surface area (Å²) in [7, 11) is 0. The lowest BCUT2D eigenvalue weighted by Crippen LogP contribution is -2.50. The van der Waals surface area contributed by atoms with Crippen LogP contribution in [-0.2, 0) is 20.7 Å². The molecule has 6 nitrogen and oxygen atoms in total. The lowest BCUT2D eigenvalue weighted by Gasteiger charge is -2.31. The van der Waals surface area contributed by atoms with Crippen LogP contribution in [0.1, 0.15) is 12.0 Å². The SMILES string of the molecule is NC(=O)[C@@H]1CN(C(=O)CCc2ccc(OC(F)(F)F)cc2)CCO1. The van der Waals surface area contributed by atoms with Gasteiger partial charge in [-0.25, -0.2) is 0 Å². The van der Waals surface area contributed by atoms with Crippen LogP contribution >= 0.6 is 0 Å². The highest BCUT2D eigenvalue weighted by atomic mass is 19.4. The van der Waals surface area contributed by atoms with E-state index in [2.05, 4.69) is 4.74 Å². The Morgan fingerprint density at radius 3 is 2.54 bits per heavy atom. The number of nitrogens with zero attached hydrogens (tertiary/aromatic N) is 1. The molecule has 0 spiro atoms. The quantitative estimate of drug-likeness (QED) is 0.869. The zero-order valence-electron chi connectivity index (χ0n) is 12.7. The Labute approximate surface area is 136 Å². The third kappa shape index (κ3) is 5.41. The second kappa shape index (κ2) is 7.52. The van der Waals surface area contributed by atoms with Crippen molar-refractivity contribution in [1.82, 2.24) is 4.90 Å². The maximum atomic E-state index is 12.1. The van der Waals surface area contributed by atoms with Gasteiger partial charge in [0.2, 0.25) is 11.8 Å². The van der Waals surface area contributed by atoms with E-state index in [1.807, 2.05) is 0 Å². The van der Waals surface area contributed by atoms with Crippen LogP contribution in [0.3, 0.4) is 0 Å². The average Bonchev–Trinajstić information content (AvgIpc) is 2.52. The van der Waals surface area contributed by atoms with E-state index in [-0.39, 0.29) is 31.2 Å². The summed E-state index contributed by atoms with van der Waals surface area (Å²) >= 11 is 0. The maximum Gasteiger partial charge on any atom is 0.573 e. The van der Waals surface area contributed by atoms with Gasteiger partial charge in [-0.3, -0.25) is 9.59 Å². The number of alkyl halides is 3. The number of halogens is 3. The van der Waals surface area contributed by atoms with Gasteiger partial charge in [-0.2, -0.15) is 0 Å². The zero-order valence-corrected chi connectivity index (χ0v) is 12.7. The third-order valence-electron chi connectivity index (χ3n) is 3.52. The maximum absolute atomic E-state index is 12.1. The number of hydrogen-bond donors (Lipinski definition) is 1. The van der Waals surface area contributed by atoms with Gasteiger partial charge < -0.3 is 20.1 Å². The Bertz CT molecular complexity index is 589. The van der Waals surface area contributed by atoms with E-state index < -0.39 is 18.4 Å². The van der Waals surface area contributed by atoms with Crippen molar-refractivity contribution in [1.29, 1.82) is 0 Å². The molecule has 1 aliphatic rings. The number of amides is 2. The molecule has 0 bridgehead atoms. The van der Waals surface area contributed by atoms with Crippen LogP contribution in [0.25, 0.3) is 0 Å². The van der Waals surface area contributed by atoms with Crippen molar-refractivity contribution < 1.29 is 32.2 Å². The van der Waals surface area contributed by atoms with Crippen LogP contribution in [-0.4, -0.2) is 48.9 Å². The molecule has 9 heteroatoms. The minimum Gasteiger partial charge on any atom is -0.406 e. The van der Waals surface area contributed by atoms with Gasteiger partial charge in [0.05, 0.1) is 13.2 Å². The predicted molar refractivity (Wildman–Crippen MR) is 77.0 cm³/mol. The summed E-state index contributed by atoms with van der Waals surface area (Å²) in [6, 6.07) is 5.34. The summed E-state index contributed by atoms with van der Waals surface area (Å²) in [5, 5.41) is 0. The number of carbonyl (C=O) groups excluding carboxylic acids is 2. The van der Waals surface area contributed by atoms with E-state index in [0.29, 0.717) is 18.5 Å². The first-order valence-corrected chi connectivity index (χ1v) is 7.28. The molecule has 2 rings (SSSR count). The lowest BCUT2D eigenvalue weighted by atomic mass is 10.1. The number of ether oxygens (including phenoxy) is 2. The lowest BCUT2D eigenvalue weighted by molar-refractivity contribution is -0.274. The third-order valence-corrected chi connectivity index (χ3v) is 3.52. The molecule has 1 aromatic carbocycles. The number of carbonyl (C=O) groups is 2. The number of morpholine rings is 1. The topological polar surface area (TPSA) is 81.9 Å².